The third-order valence-electron chi connectivity index (χ3n) is 2.50. The molecule has 0 aromatic heterocycles. The quantitative estimate of drug-likeness (QED) is 0.637. The fourth-order valence-electron chi connectivity index (χ4n) is 1.35. The zero-order valence-corrected chi connectivity index (χ0v) is 14.5. The van der Waals surface area contributed by atoms with Crippen molar-refractivity contribution in [3.05, 3.63) is 0 Å². The molecule has 0 aliphatic rings. The van der Waals surface area contributed by atoms with Gasteiger partial charge in [-0.2, -0.15) is 0 Å². The first-order valence-electron chi connectivity index (χ1n) is 6.40. The maximum Gasteiger partial charge on any atom is 0.303 e. The van der Waals surface area contributed by atoms with Crippen LogP contribution in [0.5, 0.6) is 0 Å². The monoisotopic (exact) mass is 286 g/mol. The van der Waals surface area contributed by atoms with Gasteiger partial charge in [-0.3, -0.25) is 9.59 Å². The largest absolute Gasteiger partial charge is 0.481 e. The van der Waals surface area contributed by atoms with Gasteiger partial charge in [0.05, 0.1) is 12.8 Å². The molecule has 6 heteroatoms. The summed E-state index contributed by atoms with van der Waals surface area (Å²) in [6.07, 6.45) is 5.05. The van der Waals surface area contributed by atoms with E-state index < -0.39 is 11.9 Å². The predicted octanol–water partition coefficient (Wildman–Crippen LogP) is 2.96. The van der Waals surface area contributed by atoms with Crippen molar-refractivity contribution in [1.29, 1.82) is 0 Å². The molecule has 0 saturated heterocycles. The van der Waals surface area contributed by atoms with Gasteiger partial charge in [-0.15, -0.1) is 0 Å². The number of aliphatic carboxylic acids is 2. The molecule has 0 fully saturated rings. The second-order valence-corrected chi connectivity index (χ2v) is 6.80. The van der Waals surface area contributed by atoms with Crippen LogP contribution < -0.4 is 0 Å². The average molecular weight is 286 g/mol. The number of hydrogen-bond acceptors (Lipinski definition) is 3. The van der Waals surface area contributed by atoms with Gasteiger partial charge in [0.2, 0.25) is 0 Å². The first-order chi connectivity index (χ1) is 8.47. The molecule has 2 N–H and O–H groups in total. The van der Waals surface area contributed by atoms with Crippen LogP contribution in [-0.4, -0.2) is 54.3 Å². The number of carboxylic acid groups (broad SMARTS) is 2. The molecule has 0 heterocycles. The maximum atomic E-state index is 9.64. The molecule has 4 nitrogen and oxygen atoms in total. The summed E-state index contributed by atoms with van der Waals surface area (Å²) in [6.45, 7) is 4.60. The Morgan fingerprint density at radius 3 is 1.94 bits per heavy atom. The number of carboxylic acids is 2. The minimum atomic E-state index is -1.08. The van der Waals surface area contributed by atoms with Gasteiger partial charge in [-0.25, -0.2) is 0 Å². The van der Waals surface area contributed by atoms with Crippen LogP contribution in [0.2, 0.25) is 0 Å². The summed E-state index contributed by atoms with van der Waals surface area (Å²) < 4.78 is 0. The second-order valence-electron chi connectivity index (χ2n) is 4.16. The van der Waals surface area contributed by atoms with E-state index in [0.717, 1.165) is 5.92 Å². The number of unbranched alkanes of at least 4 members (excludes halogenated alkanes) is 1. The fraction of sp³-hybridized carbons (Fsp3) is 0.833. The van der Waals surface area contributed by atoms with E-state index in [1.54, 1.807) is 0 Å². The predicted molar refractivity (Wildman–Crippen MR) is 76.0 cm³/mol. The summed E-state index contributed by atoms with van der Waals surface area (Å²) in [5, 5.41) is 15.8. The van der Waals surface area contributed by atoms with Crippen LogP contribution in [0.4, 0.5) is 0 Å². The Morgan fingerprint density at radius 2 is 1.67 bits per heavy atom. The van der Waals surface area contributed by atoms with Crippen LogP contribution in [0.25, 0.3) is 0 Å². The molecule has 0 saturated carbocycles. The summed E-state index contributed by atoms with van der Waals surface area (Å²) in [4.78, 5) is 19.3. The first kappa shape index (κ1) is 20.6. The van der Waals surface area contributed by atoms with Crippen LogP contribution in [0.1, 0.15) is 52.4 Å². The van der Waals surface area contributed by atoms with Crippen LogP contribution in [0, 0.1) is 5.92 Å². The van der Waals surface area contributed by atoms with Crippen molar-refractivity contribution in [1.82, 2.24) is 0 Å². The van der Waals surface area contributed by atoms with Gasteiger partial charge in [0.15, 0.2) is 0 Å². The molecule has 0 bridgehead atoms. The van der Waals surface area contributed by atoms with Gasteiger partial charge in [0, 0.05) is 0 Å². The Kier molecular flexibility index (Phi) is 17.6. The Balaban J connectivity index is 0. The second kappa shape index (κ2) is 15.3. The molecule has 18 heavy (non-hydrogen) atoms. The van der Waals surface area contributed by atoms with E-state index in [4.69, 9.17) is 10.2 Å². The summed E-state index contributed by atoms with van der Waals surface area (Å²) in [7, 11) is 2.12. The number of hydrogen-bond donors (Lipinski definition) is 2. The molecule has 1 unspecified atom stereocenters. The van der Waals surface area contributed by atoms with Crippen molar-refractivity contribution in [2.24, 2.45) is 5.92 Å². The van der Waals surface area contributed by atoms with Gasteiger partial charge in [-0.05, 0) is 0 Å². The maximum absolute atomic E-state index is 9.64. The number of carbonyl (C=O) groups is 2. The summed E-state index contributed by atoms with van der Waals surface area (Å²) in [5.74, 6) is 0.283. The molecule has 0 rings (SSSR count). The third-order valence-corrected chi connectivity index (χ3v) is 4.30. The van der Waals surface area contributed by atoms with Crippen molar-refractivity contribution in [3.8, 4) is 0 Å². The van der Waals surface area contributed by atoms with E-state index in [1.165, 1.54) is 57.8 Å². The van der Waals surface area contributed by atoms with Crippen molar-refractivity contribution in [3.63, 3.8) is 0 Å². The molecule has 0 amide bonds. The van der Waals surface area contributed by atoms with E-state index in [0.29, 0.717) is 0 Å². The van der Waals surface area contributed by atoms with Gasteiger partial charge >= 0.3 is 97.4 Å². The Labute approximate surface area is 129 Å². The normalized spacial score (nSPS) is 11.3. The molecule has 1 atom stereocenters. The smallest absolute Gasteiger partial charge is 0.303 e. The molecular weight excluding hydrogens is 263 g/mol. The molecule has 0 aromatic rings. The number of rotatable bonds is 9. The fourth-order valence-corrected chi connectivity index (χ4v) is 3.64. The van der Waals surface area contributed by atoms with Crippen molar-refractivity contribution in [2.75, 3.05) is 5.75 Å². The molecule has 102 valence electrons. The summed E-state index contributed by atoms with van der Waals surface area (Å²) >= 11 is 1.32. The van der Waals surface area contributed by atoms with Gasteiger partial charge < -0.3 is 10.2 Å². The van der Waals surface area contributed by atoms with E-state index in [2.05, 4.69) is 21.7 Å². The van der Waals surface area contributed by atoms with E-state index >= 15 is 0 Å². The summed E-state index contributed by atoms with van der Waals surface area (Å²) in [5.41, 5.74) is 0. The van der Waals surface area contributed by atoms with Gasteiger partial charge in [-0.1, -0.05) is 0 Å². The average Bonchev–Trinajstić information content (AvgIpc) is 2.32. The zero-order chi connectivity index (χ0) is 14.4. The van der Waals surface area contributed by atoms with E-state index in [-0.39, 0.29) is 12.8 Å². The third kappa shape index (κ3) is 18.6. The van der Waals surface area contributed by atoms with Crippen LogP contribution in [0.15, 0.2) is 0 Å². The minimum absolute atomic E-state index is 0.296. The molecule has 0 aliphatic heterocycles. The van der Waals surface area contributed by atoms with Gasteiger partial charge in [0.25, 0.3) is 0 Å². The molecule has 0 spiro atoms. The Hall–Kier alpha value is 0.290. The first-order valence-corrected chi connectivity index (χ1v) is 10.2. The SMILES string of the molecule is CCCCC(CC)C[S][Na].O=C(O)CCC(=O)O. The van der Waals surface area contributed by atoms with Crippen LogP contribution in [0.3, 0.4) is 0 Å². The Bertz CT molecular complexity index is 210. The van der Waals surface area contributed by atoms with E-state index in [1.807, 2.05) is 0 Å². The molecule has 0 aliphatic carbocycles. The Morgan fingerprint density at radius 1 is 1.17 bits per heavy atom. The van der Waals surface area contributed by atoms with Crippen molar-refractivity contribution in [2.45, 2.75) is 52.4 Å². The van der Waals surface area contributed by atoms with E-state index in [9.17, 15) is 9.59 Å². The minimum Gasteiger partial charge on any atom is -0.481 e. The molecule has 0 radical (unpaired) electrons. The van der Waals surface area contributed by atoms with Crippen molar-refractivity contribution >= 4 is 46.2 Å². The topological polar surface area (TPSA) is 74.6 Å². The standard InChI is InChI=1S/C8H18S.C4H6O4.Na/c1-3-5-6-8(4-2)7-9;5-3(6)1-2-4(7)8;/h8-9H,3-7H2,1-2H3;1-2H2,(H,5,6)(H,7,8);/q;;+1/p-1. The van der Waals surface area contributed by atoms with Gasteiger partial charge in [0.1, 0.15) is 0 Å². The molecular formula is C12H23NaO4S. The zero-order valence-electron chi connectivity index (χ0n) is 11.6. The van der Waals surface area contributed by atoms with Crippen LogP contribution >= 0.6 is 7.88 Å². The summed E-state index contributed by atoms with van der Waals surface area (Å²) in [6, 6.07) is 0. The molecule has 0 aromatic carbocycles. The van der Waals surface area contributed by atoms with Crippen LogP contribution in [-0.2, 0) is 9.59 Å². The van der Waals surface area contributed by atoms with Crippen molar-refractivity contribution < 1.29 is 19.8 Å².